The lowest BCUT2D eigenvalue weighted by molar-refractivity contribution is -0.118. The van der Waals surface area contributed by atoms with Crippen molar-refractivity contribution in [3.05, 3.63) is 30.0 Å². The van der Waals surface area contributed by atoms with Crippen LogP contribution >= 0.6 is 0 Å². The van der Waals surface area contributed by atoms with Gasteiger partial charge in [-0.3, -0.25) is 9.59 Å². The van der Waals surface area contributed by atoms with Gasteiger partial charge in [0.15, 0.2) is 5.82 Å². The number of carbonyl (C=O) groups excluding carboxylic acids is 2. The van der Waals surface area contributed by atoms with Crippen LogP contribution in [-0.4, -0.2) is 79.1 Å². The fourth-order valence-electron chi connectivity index (χ4n) is 6.34. The molecule has 2 amide bonds. The van der Waals surface area contributed by atoms with Crippen molar-refractivity contribution in [2.75, 3.05) is 49.1 Å². The fraction of sp³-hybridized carbons (Fsp3) is 0.600. The highest BCUT2D eigenvalue weighted by molar-refractivity contribution is 5.98. The van der Waals surface area contributed by atoms with Crippen molar-refractivity contribution in [3.63, 3.8) is 0 Å². The largest absolute Gasteiger partial charge is 0.494 e. The lowest BCUT2D eigenvalue weighted by Crippen LogP contribution is -2.46. The topological polar surface area (TPSA) is 120 Å². The molecule has 1 aromatic carbocycles. The third kappa shape index (κ3) is 5.97. The van der Waals surface area contributed by atoms with Gasteiger partial charge in [0, 0.05) is 37.2 Å². The quantitative estimate of drug-likeness (QED) is 0.385. The Bertz CT molecular complexity index is 1260. The maximum Gasteiger partial charge on any atom is 0.251 e. The Kier molecular flexibility index (Phi) is 8.65. The number of aromatic nitrogens is 2. The summed E-state index contributed by atoms with van der Waals surface area (Å²) in [5, 5.41) is 4.54. The van der Waals surface area contributed by atoms with Gasteiger partial charge >= 0.3 is 0 Å². The molecule has 0 radical (unpaired) electrons. The van der Waals surface area contributed by atoms with E-state index in [0.29, 0.717) is 41.1 Å². The van der Waals surface area contributed by atoms with Gasteiger partial charge in [-0.15, -0.1) is 0 Å². The van der Waals surface area contributed by atoms with Crippen LogP contribution in [0.3, 0.4) is 0 Å². The highest BCUT2D eigenvalue weighted by Crippen LogP contribution is 2.41. The van der Waals surface area contributed by atoms with E-state index < -0.39 is 0 Å². The number of benzene rings is 1. The molecule has 2 fully saturated rings. The molecule has 222 valence electrons. The number of nitrogens with two attached hydrogens (primary N) is 1. The van der Waals surface area contributed by atoms with Crippen molar-refractivity contribution in [3.8, 4) is 5.75 Å². The molecule has 5 rings (SSSR count). The van der Waals surface area contributed by atoms with Crippen LogP contribution < -0.4 is 30.7 Å². The highest BCUT2D eigenvalue weighted by atomic mass is 16.5. The van der Waals surface area contributed by atoms with E-state index >= 15 is 0 Å². The van der Waals surface area contributed by atoms with Gasteiger partial charge in [-0.2, -0.15) is 4.98 Å². The van der Waals surface area contributed by atoms with Crippen LogP contribution in [0.4, 0.5) is 23.1 Å². The summed E-state index contributed by atoms with van der Waals surface area (Å²) in [6, 6.07) is 5.71. The molecule has 1 saturated heterocycles. The molecule has 3 heterocycles. The summed E-state index contributed by atoms with van der Waals surface area (Å²) in [7, 11) is 5.44. The van der Waals surface area contributed by atoms with Gasteiger partial charge in [-0.05, 0) is 69.9 Å². The number of ether oxygens (including phenoxy) is 1. The maximum atomic E-state index is 13.2. The Labute approximate surface area is 243 Å². The third-order valence-electron chi connectivity index (χ3n) is 8.92. The number of hydrogen-bond donors (Lipinski definition) is 2. The Morgan fingerprint density at radius 3 is 2.51 bits per heavy atom. The minimum absolute atomic E-state index is 0.0279. The highest BCUT2D eigenvalue weighted by Gasteiger charge is 2.39. The summed E-state index contributed by atoms with van der Waals surface area (Å²) in [6.07, 6.45) is 8.46. The number of piperidine rings is 1. The molecule has 2 aromatic rings. The number of hydrogen-bond acceptors (Lipinski definition) is 9. The zero-order valence-electron chi connectivity index (χ0n) is 25.0. The van der Waals surface area contributed by atoms with Crippen molar-refractivity contribution in [2.24, 2.45) is 11.8 Å². The molecule has 0 spiro atoms. The van der Waals surface area contributed by atoms with Crippen molar-refractivity contribution < 1.29 is 14.3 Å². The first-order valence-corrected chi connectivity index (χ1v) is 14.8. The Balaban J connectivity index is 1.45. The van der Waals surface area contributed by atoms with E-state index in [4.69, 9.17) is 15.6 Å². The number of nitrogens with one attached hydrogen (secondary N) is 1. The molecule has 0 bridgehead atoms. The molecule has 2 aliphatic heterocycles. The van der Waals surface area contributed by atoms with E-state index in [1.807, 2.05) is 0 Å². The first kappa shape index (κ1) is 29.1. The molecule has 1 unspecified atom stereocenters. The summed E-state index contributed by atoms with van der Waals surface area (Å²) >= 11 is 0. The standard InChI is InChI=1S/C30H44N8O3/c1-19(2)24-17-27(39)36(4)25-18-32-30(34-28(25)37(24)22-8-6-7-9-22)38(31)23-11-10-20(16-26(23)41-5)29(40)33-21-12-14-35(3)15-13-21/h10-11,16,18-19,21-22,24H,6-9,12-15,17,31H2,1-5H3,(H,33,40). The molecule has 3 N–H and O–H groups in total. The van der Waals surface area contributed by atoms with Crippen molar-refractivity contribution >= 4 is 35.0 Å². The lowest BCUT2D eigenvalue weighted by Gasteiger charge is -2.38. The van der Waals surface area contributed by atoms with Gasteiger partial charge in [-0.1, -0.05) is 26.7 Å². The van der Waals surface area contributed by atoms with Crippen LogP contribution in [0.25, 0.3) is 0 Å². The van der Waals surface area contributed by atoms with E-state index in [-0.39, 0.29) is 29.8 Å². The van der Waals surface area contributed by atoms with Gasteiger partial charge < -0.3 is 24.8 Å². The molecule has 1 atom stereocenters. The van der Waals surface area contributed by atoms with Crippen molar-refractivity contribution in [1.82, 2.24) is 20.2 Å². The molecular formula is C30H44N8O3. The van der Waals surface area contributed by atoms with Crippen molar-refractivity contribution in [1.29, 1.82) is 0 Å². The molecule has 11 heteroatoms. The monoisotopic (exact) mass is 564 g/mol. The second-order valence-corrected chi connectivity index (χ2v) is 12.0. The molecule has 3 aliphatic rings. The van der Waals surface area contributed by atoms with Gasteiger partial charge in [-0.25, -0.2) is 15.8 Å². The van der Waals surface area contributed by atoms with Gasteiger partial charge in [0.25, 0.3) is 5.91 Å². The number of methoxy groups -OCH3 is 1. The number of hydrazine groups is 1. The predicted octanol–water partition coefficient (Wildman–Crippen LogP) is 3.46. The van der Waals surface area contributed by atoms with Crippen LogP contribution in [0.1, 0.15) is 69.2 Å². The first-order valence-electron chi connectivity index (χ1n) is 14.8. The lowest BCUT2D eigenvalue weighted by atomic mass is 9.96. The predicted molar refractivity (Wildman–Crippen MR) is 161 cm³/mol. The van der Waals surface area contributed by atoms with Gasteiger partial charge in [0.1, 0.15) is 17.1 Å². The van der Waals surface area contributed by atoms with Crippen LogP contribution in [-0.2, 0) is 4.79 Å². The SMILES string of the molecule is COc1cc(C(=O)NC2CCN(C)CC2)ccc1N(N)c1ncc2c(n1)N(C1CCCC1)C(C(C)C)CC(=O)N2C. The number of likely N-dealkylation sites (tertiary alicyclic amines) is 1. The number of fused-ring (bicyclic) bond motifs is 1. The molecule has 1 saturated carbocycles. The summed E-state index contributed by atoms with van der Waals surface area (Å²) < 4.78 is 5.67. The van der Waals surface area contributed by atoms with Crippen molar-refractivity contribution in [2.45, 2.75) is 76.9 Å². The Hall–Kier alpha value is -3.44. The molecule has 1 aliphatic carbocycles. The zero-order valence-corrected chi connectivity index (χ0v) is 25.0. The van der Waals surface area contributed by atoms with Gasteiger partial charge in [0.2, 0.25) is 11.9 Å². The normalized spacial score (nSPS) is 20.8. The summed E-state index contributed by atoms with van der Waals surface area (Å²) in [4.78, 5) is 42.1. The Morgan fingerprint density at radius 2 is 1.85 bits per heavy atom. The van der Waals surface area contributed by atoms with Crippen LogP contribution in [0, 0.1) is 5.92 Å². The number of amides is 2. The number of carbonyl (C=O) groups is 2. The van der Waals surface area contributed by atoms with Crippen LogP contribution in [0.5, 0.6) is 5.75 Å². The van der Waals surface area contributed by atoms with E-state index in [9.17, 15) is 9.59 Å². The first-order chi connectivity index (χ1) is 19.7. The second kappa shape index (κ2) is 12.2. The Morgan fingerprint density at radius 1 is 1.15 bits per heavy atom. The second-order valence-electron chi connectivity index (χ2n) is 12.0. The van der Waals surface area contributed by atoms with Crippen LogP contribution in [0.2, 0.25) is 0 Å². The van der Waals surface area contributed by atoms with E-state index in [1.54, 1.807) is 43.5 Å². The fourth-order valence-corrected chi connectivity index (χ4v) is 6.34. The number of anilines is 4. The number of rotatable bonds is 7. The van der Waals surface area contributed by atoms with Crippen LogP contribution in [0.15, 0.2) is 24.4 Å². The molecule has 11 nitrogen and oxygen atoms in total. The van der Waals surface area contributed by atoms with E-state index in [2.05, 4.69) is 41.0 Å². The molecular weight excluding hydrogens is 520 g/mol. The summed E-state index contributed by atoms with van der Waals surface area (Å²) in [5.74, 6) is 8.29. The minimum atomic E-state index is -0.131. The summed E-state index contributed by atoms with van der Waals surface area (Å²) in [5.41, 5.74) is 1.73. The average molecular weight is 565 g/mol. The van der Waals surface area contributed by atoms with E-state index in [0.717, 1.165) is 44.6 Å². The molecule has 41 heavy (non-hydrogen) atoms. The minimum Gasteiger partial charge on any atom is -0.494 e. The maximum absolute atomic E-state index is 13.2. The smallest absolute Gasteiger partial charge is 0.251 e. The van der Waals surface area contributed by atoms with Gasteiger partial charge in [0.05, 0.1) is 13.3 Å². The molecule has 1 aromatic heterocycles. The summed E-state index contributed by atoms with van der Waals surface area (Å²) in [6.45, 7) is 6.27. The number of nitrogens with zero attached hydrogens (tertiary/aromatic N) is 6. The average Bonchev–Trinajstić information content (AvgIpc) is 3.48. The zero-order chi connectivity index (χ0) is 29.3. The van der Waals surface area contributed by atoms with E-state index in [1.165, 1.54) is 17.9 Å². The third-order valence-corrected chi connectivity index (χ3v) is 8.92.